The van der Waals surface area contributed by atoms with Crippen molar-refractivity contribution in [3.63, 3.8) is 0 Å². The Morgan fingerprint density at radius 3 is 2.00 bits per heavy atom. The maximum atomic E-state index is 8.60. The Kier molecular flexibility index (Phi) is 8.04. The molecule has 27 heavy (non-hydrogen) atoms. The van der Waals surface area contributed by atoms with Gasteiger partial charge in [0.05, 0.1) is 20.8 Å². The molecule has 1 aromatic carbocycles. The third-order valence-corrected chi connectivity index (χ3v) is 6.12. The summed E-state index contributed by atoms with van der Waals surface area (Å²) in [5.74, 6) is 2.27. The Morgan fingerprint density at radius 2 is 1.48 bits per heavy atom. The second kappa shape index (κ2) is 9.63. The molecule has 0 fully saturated rings. The minimum Gasteiger partial charge on any atom is -0.334 e. The van der Waals surface area contributed by atoms with Crippen LogP contribution in [0.25, 0.3) is 0 Å². The van der Waals surface area contributed by atoms with Crippen molar-refractivity contribution in [3.05, 3.63) is 39.9 Å². The highest BCUT2D eigenvalue weighted by Crippen LogP contribution is 2.46. The van der Waals surface area contributed by atoms with E-state index in [1.165, 1.54) is 48.9 Å². The van der Waals surface area contributed by atoms with Gasteiger partial charge in [-0.15, -0.1) is 11.8 Å². The summed E-state index contributed by atoms with van der Waals surface area (Å²) in [5, 5.41) is 0. The van der Waals surface area contributed by atoms with E-state index in [9.17, 15) is 0 Å². The van der Waals surface area contributed by atoms with Crippen molar-refractivity contribution < 1.29 is 28.9 Å². The number of thioether (sulfide) groups is 1. The van der Waals surface area contributed by atoms with Gasteiger partial charge in [-0.05, 0) is 48.6 Å². The number of para-hydroxylation sites is 1. The number of allylic oxidation sites excluding steroid dienone is 2. The first-order chi connectivity index (χ1) is 12.6. The van der Waals surface area contributed by atoms with Gasteiger partial charge in [0.25, 0.3) is 0 Å². The number of hydrogen-bond acceptors (Lipinski definition) is 6. The van der Waals surface area contributed by atoms with E-state index in [0.717, 1.165) is 5.88 Å². The highest BCUT2D eigenvalue weighted by molar-refractivity contribution is 8.03. The summed E-state index contributed by atoms with van der Waals surface area (Å²) in [7, 11) is -4.69. The lowest BCUT2D eigenvalue weighted by Crippen LogP contribution is -2.58. The summed E-state index contributed by atoms with van der Waals surface area (Å²) < 4.78 is 32.7. The third-order valence-electron chi connectivity index (χ3n) is 4.95. The van der Waals surface area contributed by atoms with Gasteiger partial charge in [-0.3, -0.25) is 0 Å². The van der Waals surface area contributed by atoms with Gasteiger partial charge in [-0.2, -0.15) is 14.0 Å². The molecule has 1 heterocycles. The molecule has 0 saturated carbocycles. The van der Waals surface area contributed by atoms with Crippen LogP contribution in [0.1, 0.15) is 82.8 Å². The summed E-state index contributed by atoms with van der Waals surface area (Å²) in [6, 6.07) is 6.93. The quantitative estimate of drug-likeness (QED) is 0.815. The Bertz CT molecular complexity index is 638. The molecule has 0 saturated heterocycles. The van der Waals surface area contributed by atoms with Crippen LogP contribution < -0.4 is 18.9 Å². The maximum absolute atomic E-state index is 8.60. The summed E-state index contributed by atoms with van der Waals surface area (Å²) >= 11 is 2.09. The van der Waals surface area contributed by atoms with Crippen molar-refractivity contribution in [2.75, 3.05) is 10.8 Å². The molecule has 0 amide bonds. The van der Waals surface area contributed by atoms with Gasteiger partial charge in [-0.25, -0.2) is 0 Å². The average molecular weight is 416 g/mol. The lowest BCUT2D eigenvalue weighted by atomic mass is 9.91. The molecule has 7 heteroatoms. The van der Waals surface area contributed by atoms with Crippen LogP contribution in [0.2, 0.25) is 0 Å². The van der Waals surface area contributed by atoms with Gasteiger partial charge in [0.1, 0.15) is 0 Å². The summed E-state index contributed by atoms with van der Waals surface area (Å²) in [6.45, 7) is 9.31. The van der Waals surface area contributed by atoms with Gasteiger partial charge in [0, 0.05) is 16.3 Å². The number of rotatable bonds is 3. The van der Waals surface area contributed by atoms with Crippen molar-refractivity contribution in [3.8, 4) is 0 Å². The van der Waals surface area contributed by atoms with E-state index in [4.69, 9.17) is 18.6 Å². The Hall–Kier alpha value is -0.760. The molecule has 0 aromatic heterocycles. The largest absolute Gasteiger partial charge is 0.334 e. The van der Waals surface area contributed by atoms with Crippen LogP contribution >= 0.6 is 11.8 Å². The molecule has 0 unspecified atom stereocenters. The van der Waals surface area contributed by atoms with E-state index in [-0.39, 0.29) is 0 Å². The molecule has 1 N–H and O–H groups in total. The number of benzene rings is 1. The minimum absolute atomic E-state index is 0.578. The van der Waals surface area contributed by atoms with E-state index < -0.39 is 10.2 Å². The van der Waals surface area contributed by atoms with Crippen molar-refractivity contribution in [1.29, 1.82) is 0 Å². The van der Waals surface area contributed by atoms with Gasteiger partial charge in [0.2, 0.25) is 0 Å². The van der Waals surface area contributed by atoms with Crippen LogP contribution in [-0.4, -0.2) is 10.5 Å². The number of anilines is 1. The van der Waals surface area contributed by atoms with Crippen LogP contribution in [0.5, 0.6) is 0 Å². The van der Waals surface area contributed by atoms with Crippen molar-refractivity contribution in [2.24, 2.45) is 0 Å². The molecule has 1 aliphatic heterocycles. The smallest absolute Gasteiger partial charge is 0.0777 e. The normalized spacial score (nSPS) is 17.8. The molecule has 1 aliphatic carbocycles. The highest BCUT2D eigenvalue weighted by atomic mass is 35.7. The molecule has 0 atom stereocenters. The SMILES string of the molecule is CC(C)c1cccc(C(C)C)c1N1CSC2=C1CCCCC2.[O-][Cl+3]([O-])([O-])O. The lowest BCUT2D eigenvalue weighted by Gasteiger charge is -2.30. The first kappa shape index (κ1) is 22.5. The van der Waals surface area contributed by atoms with E-state index in [1.807, 2.05) is 0 Å². The van der Waals surface area contributed by atoms with E-state index in [1.54, 1.807) is 10.6 Å². The second-order valence-corrected chi connectivity index (χ2v) is 9.45. The van der Waals surface area contributed by atoms with Crippen LogP contribution in [-0.2, 0) is 0 Å². The molecular formula is C20H30ClNO4S. The van der Waals surface area contributed by atoms with Crippen LogP contribution in [0, 0.1) is 10.2 Å². The van der Waals surface area contributed by atoms with Crippen molar-refractivity contribution in [2.45, 2.75) is 71.6 Å². The van der Waals surface area contributed by atoms with Gasteiger partial charge in [-0.1, -0.05) is 52.3 Å². The van der Waals surface area contributed by atoms with Crippen molar-refractivity contribution >= 4 is 17.4 Å². The monoisotopic (exact) mass is 415 g/mol. The van der Waals surface area contributed by atoms with Gasteiger partial charge >= 0.3 is 0 Å². The first-order valence-corrected chi connectivity index (χ1v) is 11.7. The highest BCUT2D eigenvalue weighted by Gasteiger charge is 2.29. The molecule has 5 nitrogen and oxygen atoms in total. The summed E-state index contributed by atoms with van der Waals surface area (Å²) in [4.78, 5) is 4.33. The van der Waals surface area contributed by atoms with Gasteiger partial charge in [0.15, 0.2) is 0 Å². The summed E-state index contributed by atoms with van der Waals surface area (Å²) in [5.41, 5.74) is 6.19. The predicted octanol–water partition coefficient (Wildman–Crippen LogP) is 2.50. The molecular weight excluding hydrogens is 386 g/mol. The fourth-order valence-corrected chi connectivity index (χ4v) is 4.96. The Morgan fingerprint density at radius 1 is 0.963 bits per heavy atom. The summed E-state index contributed by atoms with van der Waals surface area (Å²) in [6.07, 6.45) is 6.70. The van der Waals surface area contributed by atoms with Crippen molar-refractivity contribution in [1.82, 2.24) is 0 Å². The van der Waals surface area contributed by atoms with Crippen LogP contribution in [0.3, 0.4) is 0 Å². The number of halogens is 1. The molecule has 2 aliphatic rings. The predicted molar refractivity (Wildman–Crippen MR) is 102 cm³/mol. The van der Waals surface area contributed by atoms with Gasteiger partial charge < -0.3 is 4.90 Å². The maximum Gasteiger partial charge on any atom is 0.0777 e. The average Bonchev–Trinajstić information content (AvgIpc) is 2.80. The van der Waals surface area contributed by atoms with E-state index in [2.05, 4.69) is 62.6 Å². The third kappa shape index (κ3) is 6.38. The topological polar surface area (TPSA) is 92.7 Å². The first-order valence-electron chi connectivity index (χ1n) is 9.48. The fraction of sp³-hybridized carbons (Fsp3) is 0.600. The van der Waals surface area contributed by atoms with E-state index in [0.29, 0.717) is 11.8 Å². The Balaban J connectivity index is 0.000000465. The Labute approximate surface area is 168 Å². The molecule has 0 spiro atoms. The zero-order valence-corrected chi connectivity index (χ0v) is 18.1. The number of nitrogens with zero attached hydrogens (tertiary/aromatic N) is 1. The number of hydrogen-bond donors (Lipinski definition) is 1. The molecule has 0 radical (unpaired) electrons. The van der Waals surface area contributed by atoms with Crippen LogP contribution in [0.4, 0.5) is 5.69 Å². The molecule has 1 aromatic rings. The minimum atomic E-state index is -4.69. The van der Waals surface area contributed by atoms with Crippen LogP contribution in [0.15, 0.2) is 28.8 Å². The second-order valence-electron chi connectivity index (χ2n) is 7.62. The van der Waals surface area contributed by atoms with E-state index >= 15 is 0 Å². The zero-order chi connectivity index (χ0) is 20.2. The lowest BCUT2D eigenvalue weighted by molar-refractivity contribution is -1.92. The molecule has 0 bridgehead atoms. The zero-order valence-electron chi connectivity index (χ0n) is 16.5. The molecule has 3 rings (SSSR count). The standard InChI is InChI=1S/C20H29NS.ClHO4/c1-14(2)16-9-8-10-17(15(3)4)20(16)21-13-22-19-12-7-5-6-11-18(19)21;2-1(3,4)5/h8-10,14-15H,5-7,11-13H2,1-4H3;(H,2,3,4,5). The molecule has 152 valence electrons. The fourth-order valence-electron chi connectivity index (χ4n) is 3.72.